The predicted octanol–water partition coefficient (Wildman–Crippen LogP) is 1.15. The summed E-state index contributed by atoms with van der Waals surface area (Å²) in [5, 5.41) is 6.09. The number of H-pyrrole nitrogens is 1. The lowest BCUT2D eigenvalue weighted by Gasteiger charge is -1.93. The predicted molar refractivity (Wildman–Crippen MR) is 56.9 cm³/mol. The number of hydrogen-bond donors (Lipinski definition) is 1. The monoisotopic (exact) mass is 218 g/mol. The maximum Gasteiger partial charge on any atom is 0.251 e. The van der Waals surface area contributed by atoms with Crippen molar-refractivity contribution in [2.45, 2.75) is 0 Å². The van der Waals surface area contributed by atoms with Crippen molar-refractivity contribution in [3.63, 3.8) is 0 Å². The van der Waals surface area contributed by atoms with E-state index in [1.54, 1.807) is 22.0 Å². The van der Waals surface area contributed by atoms with Gasteiger partial charge in [-0.15, -0.1) is 11.3 Å². The molecule has 5 nitrogen and oxygen atoms in total. The van der Waals surface area contributed by atoms with Crippen molar-refractivity contribution in [1.29, 1.82) is 0 Å². The smallest absolute Gasteiger partial charge is 0.251 e. The fourth-order valence-corrected chi connectivity index (χ4v) is 2.19. The van der Waals surface area contributed by atoms with E-state index < -0.39 is 0 Å². The molecule has 0 saturated carbocycles. The number of aromatic amines is 1. The Balaban J connectivity index is 2.30. The zero-order chi connectivity index (χ0) is 10.3. The summed E-state index contributed by atoms with van der Waals surface area (Å²) in [5.74, 6) is 0.556. The van der Waals surface area contributed by atoms with Gasteiger partial charge in [-0.3, -0.25) is 4.79 Å². The molecule has 0 unspecified atom stereocenters. The molecular weight excluding hydrogens is 212 g/mol. The Bertz CT molecular complexity index is 666. The highest BCUT2D eigenvalue weighted by Crippen LogP contribution is 2.23. The Morgan fingerprint density at radius 2 is 2.40 bits per heavy atom. The van der Waals surface area contributed by atoms with Crippen molar-refractivity contribution in [2.24, 2.45) is 0 Å². The van der Waals surface area contributed by atoms with Crippen LogP contribution in [-0.2, 0) is 0 Å². The molecule has 74 valence electrons. The van der Waals surface area contributed by atoms with E-state index in [-0.39, 0.29) is 5.56 Å². The second-order valence-electron chi connectivity index (χ2n) is 2.99. The van der Waals surface area contributed by atoms with Crippen molar-refractivity contribution in [3.05, 3.63) is 40.4 Å². The van der Waals surface area contributed by atoms with Gasteiger partial charge in [0, 0.05) is 23.8 Å². The molecule has 15 heavy (non-hydrogen) atoms. The van der Waals surface area contributed by atoms with E-state index in [0.717, 1.165) is 10.4 Å². The van der Waals surface area contributed by atoms with E-state index in [9.17, 15) is 4.79 Å². The first-order valence-electron chi connectivity index (χ1n) is 4.31. The second-order valence-corrected chi connectivity index (χ2v) is 3.89. The number of hydrogen-bond acceptors (Lipinski definition) is 4. The third-order valence-electron chi connectivity index (χ3n) is 2.06. The molecule has 6 heteroatoms. The number of thiazole rings is 1. The van der Waals surface area contributed by atoms with Crippen LogP contribution < -0.4 is 5.56 Å². The van der Waals surface area contributed by atoms with E-state index in [2.05, 4.69) is 15.1 Å². The lowest BCUT2D eigenvalue weighted by atomic mass is 10.3. The van der Waals surface area contributed by atoms with Gasteiger partial charge in [0.05, 0.1) is 11.8 Å². The first-order valence-corrected chi connectivity index (χ1v) is 5.19. The van der Waals surface area contributed by atoms with Gasteiger partial charge in [0.1, 0.15) is 10.7 Å². The average Bonchev–Trinajstić information content (AvgIpc) is 2.77. The zero-order valence-electron chi connectivity index (χ0n) is 7.54. The summed E-state index contributed by atoms with van der Waals surface area (Å²) in [5.41, 5.74) is 0.693. The molecule has 0 fully saturated rings. The number of fused-ring (bicyclic) bond motifs is 1. The van der Waals surface area contributed by atoms with Gasteiger partial charge >= 0.3 is 0 Å². The van der Waals surface area contributed by atoms with Gasteiger partial charge in [-0.2, -0.15) is 5.10 Å². The maximum absolute atomic E-state index is 11.1. The van der Waals surface area contributed by atoms with Crippen LogP contribution in [0.2, 0.25) is 0 Å². The summed E-state index contributed by atoms with van der Waals surface area (Å²) in [7, 11) is 0. The zero-order valence-corrected chi connectivity index (χ0v) is 8.36. The summed E-state index contributed by atoms with van der Waals surface area (Å²) < 4.78 is 1.76. The molecule has 0 saturated heterocycles. The maximum atomic E-state index is 11.1. The molecule has 0 atom stereocenters. The highest BCUT2D eigenvalue weighted by atomic mass is 32.1. The van der Waals surface area contributed by atoms with Crippen molar-refractivity contribution in [2.75, 3.05) is 0 Å². The minimum absolute atomic E-state index is 0.157. The van der Waals surface area contributed by atoms with Crippen molar-refractivity contribution >= 4 is 16.2 Å². The van der Waals surface area contributed by atoms with Crippen LogP contribution in [0.3, 0.4) is 0 Å². The summed E-state index contributed by atoms with van der Waals surface area (Å²) >= 11 is 1.56. The summed E-state index contributed by atoms with van der Waals surface area (Å²) in [4.78, 5) is 18.9. The highest BCUT2D eigenvalue weighted by Gasteiger charge is 2.08. The molecule has 0 aliphatic carbocycles. The SMILES string of the molecule is O=c1ccnc(-c2cnn3ccsc23)[nH]1. The minimum atomic E-state index is -0.157. The van der Waals surface area contributed by atoms with Crippen molar-refractivity contribution in [3.8, 4) is 11.4 Å². The molecule has 0 aliphatic rings. The topological polar surface area (TPSA) is 63.1 Å². The molecule has 3 aromatic rings. The Hall–Kier alpha value is -1.95. The van der Waals surface area contributed by atoms with Crippen LogP contribution in [0.5, 0.6) is 0 Å². The third-order valence-corrected chi connectivity index (χ3v) is 2.95. The van der Waals surface area contributed by atoms with Crippen LogP contribution >= 0.6 is 11.3 Å². The third kappa shape index (κ3) is 1.26. The largest absolute Gasteiger partial charge is 0.306 e. The lowest BCUT2D eigenvalue weighted by molar-refractivity contribution is 0.978. The Morgan fingerprint density at radius 1 is 1.47 bits per heavy atom. The molecular formula is C9H6N4OS. The molecule has 0 aromatic carbocycles. The highest BCUT2D eigenvalue weighted by molar-refractivity contribution is 7.16. The van der Waals surface area contributed by atoms with Crippen LogP contribution in [0.1, 0.15) is 0 Å². The first kappa shape index (κ1) is 8.37. The minimum Gasteiger partial charge on any atom is -0.306 e. The quantitative estimate of drug-likeness (QED) is 0.666. The molecule has 1 N–H and O–H groups in total. The van der Waals surface area contributed by atoms with Crippen LogP contribution in [0, 0.1) is 0 Å². The van der Waals surface area contributed by atoms with Gasteiger partial charge in [-0.25, -0.2) is 9.50 Å². The van der Waals surface area contributed by atoms with Crippen molar-refractivity contribution in [1.82, 2.24) is 19.6 Å². The van der Waals surface area contributed by atoms with Crippen molar-refractivity contribution < 1.29 is 0 Å². The van der Waals surface area contributed by atoms with Gasteiger partial charge in [0.25, 0.3) is 5.56 Å². The van der Waals surface area contributed by atoms with Gasteiger partial charge in [-0.05, 0) is 0 Å². The van der Waals surface area contributed by atoms with E-state index in [4.69, 9.17) is 0 Å². The Labute approximate surface area is 88.0 Å². The molecule has 3 rings (SSSR count). The summed E-state index contributed by atoms with van der Waals surface area (Å²) in [6.07, 6.45) is 5.06. The van der Waals surface area contributed by atoms with Crippen LogP contribution in [0.25, 0.3) is 16.2 Å². The van der Waals surface area contributed by atoms with Crippen LogP contribution in [-0.4, -0.2) is 19.6 Å². The molecule has 0 spiro atoms. The van der Waals surface area contributed by atoms with Gasteiger partial charge < -0.3 is 4.98 Å². The van der Waals surface area contributed by atoms with Crippen LogP contribution in [0.4, 0.5) is 0 Å². The normalized spacial score (nSPS) is 10.9. The Kier molecular flexibility index (Phi) is 1.69. The molecule has 3 heterocycles. The number of aromatic nitrogens is 4. The van der Waals surface area contributed by atoms with Gasteiger partial charge in [-0.1, -0.05) is 0 Å². The molecule has 3 aromatic heterocycles. The lowest BCUT2D eigenvalue weighted by Crippen LogP contribution is -2.05. The van der Waals surface area contributed by atoms with Gasteiger partial charge in [0.15, 0.2) is 0 Å². The number of rotatable bonds is 1. The summed E-state index contributed by atoms with van der Waals surface area (Å²) in [6.45, 7) is 0. The molecule has 0 bridgehead atoms. The molecule has 0 radical (unpaired) electrons. The van der Waals surface area contributed by atoms with E-state index in [1.807, 2.05) is 11.6 Å². The average molecular weight is 218 g/mol. The molecule has 0 amide bonds. The van der Waals surface area contributed by atoms with E-state index >= 15 is 0 Å². The Morgan fingerprint density at radius 3 is 3.27 bits per heavy atom. The first-order chi connectivity index (χ1) is 7.34. The number of nitrogens with one attached hydrogen (secondary N) is 1. The fraction of sp³-hybridized carbons (Fsp3) is 0. The van der Waals surface area contributed by atoms with E-state index in [0.29, 0.717) is 5.82 Å². The molecule has 0 aliphatic heterocycles. The standard InChI is InChI=1S/C9H6N4OS/c14-7-1-2-10-8(12-7)6-5-11-13-3-4-15-9(6)13/h1-5H,(H,10,12,14). The fourth-order valence-electron chi connectivity index (χ4n) is 1.40. The van der Waals surface area contributed by atoms with Gasteiger partial charge in [0.2, 0.25) is 0 Å². The summed E-state index contributed by atoms with van der Waals surface area (Å²) in [6, 6.07) is 1.39. The van der Waals surface area contributed by atoms with Crippen LogP contribution in [0.15, 0.2) is 34.8 Å². The van der Waals surface area contributed by atoms with E-state index in [1.165, 1.54) is 12.3 Å². The second kappa shape index (κ2) is 3.03. The number of nitrogens with zero attached hydrogens (tertiary/aromatic N) is 3.